The van der Waals surface area contributed by atoms with Crippen LogP contribution in [0.2, 0.25) is 0 Å². The molecule has 1 saturated carbocycles. The van der Waals surface area contributed by atoms with E-state index in [1.165, 1.54) is 12.8 Å². The Balaban J connectivity index is 1.76. The van der Waals surface area contributed by atoms with Gasteiger partial charge in [-0.25, -0.2) is 0 Å². The van der Waals surface area contributed by atoms with Crippen molar-refractivity contribution in [3.05, 3.63) is 0 Å². The number of carbonyl (C=O) groups is 2. The predicted octanol–water partition coefficient (Wildman–Crippen LogP) is 0.0374. The molecule has 3 atom stereocenters. The number of carbonyl (C=O) groups excluding carboxylic acids is 2. The molecule has 2 rings (SSSR count). The zero-order chi connectivity index (χ0) is 13.0. The molecule has 1 saturated heterocycles. The maximum atomic E-state index is 11.9. The Morgan fingerprint density at radius 2 is 2.06 bits per heavy atom. The van der Waals surface area contributed by atoms with Crippen molar-refractivity contribution in [2.75, 3.05) is 19.7 Å². The lowest BCUT2D eigenvalue weighted by Gasteiger charge is -2.30. The van der Waals surface area contributed by atoms with E-state index in [1.54, 1.807) is 0 Å². The van der Waals surface area contributed by atoms with Crippen molar-refractivity contribution in [2.45, 2.75) is 32.1 Å². The Morgan fingerprint density at radius 1 is 1.33 bits per heavy atom. The minimum Gasteiger partial charge on any atom is -0.396 e. The SMILES string of the molecule is O=C1CC(C(=O)NCC2CCCCC2CO)CN1. The maximum Gasteiger partial charge on any atom is 0.225 e. The number of hydrogen-bond donors (Lipinski definition) is 3. The lowest BCUT2D eigenvalue weighted by Crippen LogP contribution is -2.38. The Morgan fingerprint density at radius 3 is 2.67 bits per heavy atom. The van der Waals surface area contributed by atoms with E-state index in [1.807, 2.05) is 0 Å². The quantitative estimate of drug-likeness (QED) is 0.662. The summed E-state index contributed by atoms with van der Waals surface area (Å²) in [4.78, 5) is 22.9. The number of aliphatic hydroxyl groups excluding tert-OH is 1. The van der Waals surface area contributed by atoms with Gasteiger partial charge in [0.2, 0.25) is 11.8 Å². The van der Waals surface area contributed by atoms with E-state index < -0.39 is 0 Å². The zero-order valence-corrected chi connectivity index (χ0v) is 10.7. The molecule has 5 heteroatoms. The van der Waals surface area contributed by atoms with Crippen molar-refractivity contribution in [3.8, 4) is 0 Å². The van der Waals surface area contributed by atoms with E-state index in [4.69, 9.17) is 0 Å². The summed E-state index contributed by atoms with van der Waals surface area (Å²) in [5.74, 6) is 0.422. The molecule has 5 nitrogen and oxygen atoms in total. The van der Waals surface area contributed by atoms with Gasteiger partial charge >= 0.3 is 0 Å². The van der Waals surface area contributed by atoms with Gasteiger partial charge in [-0.3, -0.25) is 9.59 Å². The third-order valence-electron chi connectivity index (χ3n) is 4.19. The molecule has 1 aliphatic heterocycles. The van der Waals surface area contributed by atoms with Crippen LogP contribution in [-0.4, -0.2) is 36.6 Å². The lowest BCUT2D eigenvalue weighted by atomic mass is 9.79. The molecule has 102 valence electrons. The normalized spacial score (nSPS) is 32.1. The van der Waals surface area contributed by atoms with Crippen LogP contribution in [0, 0.1) is 17.8 Å². The van der Waals surface area contributed by atoms with Gasteiger partial charge in [-0.15, -0.1) is 0 Å². The third kappa shape index (κ3) is 3.22. The molecule has 1 heterocycles. The van der Waals surface area contributed by atoms with Gasteiger partial charge in [0.1, 0.15) is 0 Å². The standard InChI is InChI=1S/C13H22N2O3/c16-8-10-4-2-1-3-9(10)6-15-13(18)11-5-12(17)14-7-11/h9-11,16H,1-8H2,(H,14,17)(H,15,18). The summed E-state index contributed by atoms with van der Waals surface area (Å²) < 4.78 is 0. The summed E-state index contributed by atoms with van der Waals surface area (Å²) in [6, 6.07) is 0. The molecule has 3 unspecified atom stereocenters. The van der Waals surface area contributed by atoms with E-state index in [0.29, 0.717) is 31.3 Å². The van der Waals surface area contributed by atoms with E-state index in [9.17, 15) is 14.7 Å². The summed E-state index contributed by atoms with van der Waals surface area (Å²) in [7, 11) is 0. The molecule has 18 heavy (non-hydrogen) atoms. The molecule has 2 fully saturated rings. The number of aliphatic hydroxyl groups is 1. The van der Waals surface area contributed by atoms with Crippen molar-refractivity contribution >= 4 is 11.8 Å². The average Bonchev–Trinajstić information content (AvgIpc) is 2.83. The third-order valence-corrected chi connectivity index (χ3v) is 4.19. The second kappa shape index (κ2) is 6.18. The fourth-order valence-electron chi connectivity index (χ4n) is 2.96. The first-order valence-corrected chi connectivity index (χ1v) is 6.86. The molecule has 0 aromatic carbocycles. The topological polar surface area (TPSA) is 78.4 Å². The average molecular weight is 254 g/mol. The molecule has 2 aliphatic rings. The van der Waals surface area contributed by atoms with Gasteiger partial charge < -0.3 is 15.7 Å². The molecule has 0 radical (unpaired) electrons. The summed E-state index contributed by atoms with van der Waals surface area (Å²) in [5.41, 5.74) is 0. The molecule has 0 aromatic heterocycles. The molecule has 0 aromatic rings. The molecule has 2 amide bonds. The number of hydrogen-bond acceptors (Lipinski definition) is 3. The predicted molar refractivity (Wildman–Crippen MR) is 66.7 cm³/mol. The largest absolute Gasteiger partial charge is 0.396 e. The van der Waals surface area contributed by atoms with E-state index >= 15 is 0 Å². The zero-order valence-electron chi connectivity index (χ0n) is 10.7. The van der Waals surface area contributed by atoms with Gasteiger partial charge in [-0.2, -0.15) is 0 Å². The summed E-state index contributed by atoms with van der Waals surface area (Å²) >= 11 is 0. The first-order chi connectivity index (χ1) is 8.70. The fourth-order valence-corrected chi connectivity index (χ4v) is 2.96. The molecular formula is C13H22N2O3. The van der Waals surface area contributed by atoms with Crippen molar-refractivity contribution in [3.63, 3.8) is 0 Å². The van der Waals surface area contributed by atoms with Gasteiger partial charge in [0.15, 0.2) is 0 Å². The molecule has 3 N–H and O–H groups in total. The monoisotopic (exact) mass is 254 g/mol. The number of amides is 2. The van der Waals surface area contributed by atoms with Gasteiger partial charge in [-0.05, 0) is 24.7 Å². The van der Waals surface area contributed by atoms with E-state index in [-0.39, 0.29) is 24.3 Å². The highest BCUT2D eigenvalue weighted by Crippen LogP contribution is 2.29. The maximum absolute atomic E-state index is 11.9. The highest BCUT2D eigenvalue weighted by atomic mass is 16.3. The minimum atomic E-state index is -0.214. The van der Waals surface area contributed by atoms with Gasteiger partial charge in [0.25, 0.3) is 0 Å². The van der Waals surface area contributed by atoms with E-state index in [0.717, 1.165) is 12.8 Å². The van der Waals surface area contributed by atoms with Crippen LogP contribution in [0.1, 0.15) is 32.1 Å². The van der Waals surface area contributed by atoms with Crippen molar-refractivity contribution < 1.29 is 14.7 Å². The van der Waals surface area contributed by atoms with Crippen LogP contribution >= 0.6 is 0 Å². The van der Waals surface area contributed by atoms with Gasteiger partial charge in [0.05, 0.1) is 5.92 Å². The van der Waals surface area contributed by atoms with E-state index in [2.05, 4.69) is 10.6 Å². The first-order valence-electron chi connectivity index (χ1n) is 6.86. The Kier molecular flexibility index (Phi) is 4.58. The van der Waals surface area contributed by atoms with Crippen LogP contribution in [0.3, 0.4) is 0 Å². The first kappa shape index (κ1) is 13.3. The molecule has 0 spiro atoms. The van der Waals surface area contributed by atoms with Crippen LogP contribution in [0.15, 0.2) is 0 Å². The smallest absolute Gasteiger partial charge is 0.225 e. The summed E-state index contributed by atoms with van der Waals surface area (Å²) in [6.07, 6.45) is 4.80. The number of rotatable bonds is 4. The van der Waals surface area contributed by atoms with Gasteiger partial charge in [0, 0.05) is 26.1 Å². The van der Waals surface area contributed by atoms with Crippen LogP contribution in [0.25, 0.3) is 0 Å². The summed E-state index contributed by atoms with van der Waals surface area (Å²) in [6.45, 7) is 1.30. The highest BCUT2D eigenvalue weighted by Gasteiger charge is 2.29. The Bertz CT molecular complexity index is 319. The van der Waals surface area contributed by atoms with Crippen molar-refractivity contribution in [1.29, 1.82) is 0 Å². The second-order valence-electron chi connectivity index (χ2n) is 5.44. The van der Waals surface area contributed by atoms with Crippen LogP contribution in [0.5, 0.6) is 0 Å². The fraction of sp³-hybridized carbons (Fsp3) is 0.846. The molecule has 0 bridgehead atoms. The van der Waals surface area contributed by atoms with Crippen LogP contribution < -0.4 is 10.6 Å². The summed E-state index contributed by atoms with van der Waals surface area (Å²) in [5, 5.41) is 14.9. The minimum absolute atomic E-state index is 0.0318. The highest BCUT2D eigenvalue weighted by molar-refractivity contribution is 5.89. The molecule has 1 aliphatic carbocycles. The van der Waals surface area contributed by atoms with Crippen molar-refractivity contribution in [1.82, 2.24) is 10.6 Å². The van der Waals surface area contributed by atoms with Crippen LogP contribution in [0.4, 0.5) is 0 Å². The van der Waals surface area contributed by atoms with Gasteiger partial charge in [-0.1, -0.05) is 12.8 Å². The Hall–Kier alpha value is -1.10. The number of nitrogens with one attached hydrogen (secondary N) is 2. The van der Waals surface area contributed by atoms with Crippen molar-refractivity contribution in [2.24, 2.45) is 17.8 Å². The van der Waals surface area contributed by atoms with Crippen LogP contribution in [-0.2, 0) is 9.59 Å². The molecular weight excluding hydrogens is 232 g/mol. The lowest BCUT2D eigenvalue weighted by molar-refractivity contribution is -0.126. The Labute approximate surface area is 107 Å². The second-order valence-corrected chi connectivity index (χ2v) is 5.44.